The topological polar surface area (TPSA) is 172 Å². The largest absolute Gasteiger partial charge is 0.480 e. The number of hydrogen-bond acceptors (Lipinski definition) is 9. The molecule has 0 heterocycles. The van der Waals surface area contributed by atoms with Crippen LogP contribution in [0, 0.1) is 0 Å². The van der Waals surface area contributed by atoms with Crippen molar-refractivity contribution in [3.05, 3.63) is 60.8 Å². The third-order valence-corrected chi connectivity index (χ3v) is 9.71. The zero-order valence-electron chi connectivity index (χ0n) is 34.7. The lowest BCUT2D eigenvalue weighted by atomic mass is 10.0. The number of hydrogen-bond donors (Lipinski definition) is 3. The molecule has 0 aromatic rings. The van der Waals surface area contributed by atoms with E-state index in [4.69, 9.17) is 24.8 Å². The molecule has 322 valence electrons. The van der Waals surface area contributed by atoms with Crippen LogP contribution in [0.2, 0.25) is 0 Å². The predicted octanol–water partition coefficient (Wildman–Crippen LogP) is 11.2. The summed E-state index contributed by atoms with van der Waals surface area (Å²) in [5.74, 6) is -2.48. The van der Waals surface area contributed by atoms with Crippen molar-refractivity contribution in [3.63, 3.8) is 0 Å². The fourth-order valence-corrected chi connectivity index (χ4v) is 6.19. The van der Waals surface area contributed by atoms with Crippen molar-refractivity contribution >= 4 is 25.7 Å². The average Bonchev–Trinajstić information content (AvgIpc) is 3.17. The molecule has 0 fully saturated rings. The normalized spacial score (nSPS) is 14.4. The molecular formula is C44H76NO10P. The maximum atomic E-state index is 12.6. The minimum atomic E-state index is -4.73. The van der Waals surface area contributed by atoms with Crippen LogP contribution in [0.15, 0.2) is 60.8 Å². The highest BCUT2D eigenvalue weighted by Gasteiger charge is 2.28. The van der Waals surface area contributed by atoms with Gasteiger partial charge >= 0.3 is 25.7 Å². The molecule has 0 rings (SSSR count). The van der Waals surface area contributed by atoms with Gasteiger partial charge in [0, 0.05) is 12.8 Å². The van der Waals surface area contributed by atoms with Crippen molar-refractivity contribution in [2.24, 2.45) is 5.73 Å². The Morgan fingerprint density at radius 1 is 0.554 bits per heavy atom. The first-order valence-electron chi connectivity index (χ1n) is 21.3. The van der Waals surface area contributed by atoms with Crippen LogP contribution in [-0.2, 0) is 37.5 Å². The van der Waals surface area contributed by atoms with Crippen LogP contribution in [0.25, 0.3) is 0 Å². The van der Waals surface area contributed by atoms with Crippen molar-refractivity contribution in [1.29, 1.82) is 0 Å². The first kappa shape index (κ1) is 53.2. The number of allylic oxidation sites excluding steroid dienone is 10. The van der Waals surface area contributed by atoms with Gasteiger partial charge in [0.15, 0.2) is 6.10 Å². The van der Waals surface area contributed by atoms with E-state index < -0.39 is 51.1 Å². The molecule has 0 radical (unpaired) electrons. The fourth-order valence-electron chi connectivity index (χ4n) is 5.41. The van der Waals surface area contributed by atoms with Crippen LogP contribution in [-0.4, -0.2) is 59.9 Å². The molecule has 0 saturated carbocycles. The van der Waals surface area contributed by atoms with Gasteiger partial charge in [-0.3, -0.25) is 23.4 Å². The molecule has 0 spiro atoms. The number of carboxylic acids is 1. The van der Waals surface area contributed by atoms with Crippen LogP contribution in [0.4, 0.5) is 0 Å². The smallest absolute Gasteiger partial charge is 0.472 e. The summed E-state index contributed by atoms with van der Waals surface area (Å²) in [7, 11) is -4.73. The van der Waals surface area contributed by atoms with Gasteiger partial charge < -0.3 is 25.2 Å². The summed E-state index contributed by atoms with van der Waals surface area (Å²) in [6.45, 7) is 2.66. The van der Waals surface area contributed by atoms with E-state index in [-0.39, 0.29) is 19.4 Å². The van der Waals surface area contributed by atoms with E-state index in [0.29, 0.717) is 12.8 Å². The third-order valence-electron chi connectivity index (χ3n) is 8.76. The molecule has 0 aliphatic rings. The van der Waals surface area contributed by atoms with Crippen molar-refractivity contribution in [3.8, 4) is 0 Å². The number of esters is 2. The van der Waals surface area contributed by atoms with Crippen molar-refractivity contribution in [2.75, 3.05) is 19.8 Å². The number of aliphatic carboxylic acids is 1. The third kappa shape index (κ3) is 38.1. The molecule has 0 aliphatic heterocycles. The van der Waals surface area contributed by atoms with E-state index in [1.807, 2.05) is 18.2 Å². The number of phosphoric ester groups is 1. The highest BCUT2D eigenvalue weighted by molar-refractivity contribution is 7.47. The Hall–Kier alpha value is -2.82. The van der Waals surface area contributed by atoms with Gasteiger partial charge in [-0.15, -0.1) is 0 Å². The second-order valence-corrected chi connectivity index (χ2v) is 15.6. The summed E-state index contributed by atoms with van der Waals surface area (Å²) in [4.78, 5) is 45.9. The standard InChI is InChI=1S/C44H76NO10P/c1-3-5-7-9-11-13-15-17-19-20-22-24-26-28-30-32-34-36-43(47)55-40(38-53-56(50,51)54-39-41(45)44(48)49)37-52-42(46)35-33-31-29-27-25-23-21-18-16-14-12-10-8-6-4-2/h7,9,13,15,19-20,24,26,30,32,40-41H,3-6,8,10-12,14,16-18,21-23,25,27-29,31,33-39,45H2,1-2H3,(H,48,49)(H,50,51)/b9-7-,15-13-,20-19-,26-24-,32-30-. The SMILES string of the molecule is CCC/C=C\C/C=C\C/C=C\C/C=C\C/C=C\CCC(=O)OC(COC(=O)CCCCCCCCCCCCCCCCC)COP(=O)(O)OCC(N)C(=O)O. The highest BCUT2D eigenvalue weighted by Crippen LogP contribution is 2.43. The monoisotopic (exact) mass is 810 g/mol. The van der Waals surface area contributed by atoms with E-state index in [1.54, 1.807) is 0 Å². The summed E-state index contributed by atoms with van der Waals surface area (Å²) >= 11 is 0. The van der Waals surface area contributed by atoms with E-state index in [0.717, 1.165) is 51.4 Å². The quantitative estimate of drug-likeness (QED) is 0.0233. The second-order valence-electron chi connectivity index (χ2n) is 14.1. The Labute approximate surface area is 338 Å². The molecule has 3 unspecified atom stereocenters. The minimum Gasteiger partial charge on any atom is -0.480 e. The van der Waals surface area contributed by atoms with Gasteiger partial charge in [-0.1, -0.05) is 171 Å². The molecular weight excluding hydrogens is 733 g/mol. The molecule has 0 aliphatic carbocycles. The number of phosphoric acid groups is 1. The molecule has 12 heteroatoms. The number of unbranched alkanes of at least 4 members (excludes halogenated alkanes) is 15. The molecule has 0 aromatic carbocycles. The molecule has 0 aromatic heterocycles. The first-order valence-corrected chi connectivity index (χ1v) is 22.8. The van der Waals surface area contributed by atoms with Crippen LogP contribution in [0.1, 0.15) is 168 Å². The molecule has 0 saturated heterocycles. The zero-order chi connectivity index (χ0) is 41.4. The fraction of sp³-hybridized carbons (Fsp3) is 0.705. The molecule has 56 heavy (non-hydrogen) atoms. The summed E-state index contributed by atoms with van der Waals surface area (Å²) in [5.41, 5.74) is 5.32. The lowest BCUT2D eigenvalue weighted by Gasteiger charge is -2.20. The van der Waals surface area contributed by atoms with Gasteiger partial charge in [0.2, 0.25) is 0 Å². The van der Waals surface area contributed by atoms with Gasteiger partial charge in [-0.2, -0.15) is 0 Å². The van der Waals surface area contributed by atoms with Gasteiger partial charge in [0.1, 0.15) is 12.6 Å². The minimum absolute atomic E-state index is 0.0369. The molecule has 11 nitrogen and oxygen atoms in total. The Morgan fingerprint density at radius 2 is 0.982 bits per heavy atom. The van der Waals surface area contributed by atoms with E-state index in [2.05, 4.69) is 60.9 Å². The summed E-state index contributed by atoms with van der Waals surface area (Å²) in [6, 6.07) is -1.53. The Bertz CT molecular complexity index is 1180. The number of rotatable bonds is 39. The van der Waals surface area contributed by atoms with Crippen molar-refractivity contribution in [1.82, 2.24) is 0 Å². The Balaban J connectivity index is 4.50. The molecule has 3 atom stereocenters. The number of carboxylic acid groups (broad SMARTS) is 1. The zero-order valence-corrected chi connectivity index (χ0v) is 35.6. The van der Waals surface area contributed by atoms with Crippen LogP contribution in [0.5, 0.6) is 0 Å². The van der Waals surface area contributed by atoms with Crippen LogP contribution in [0.3, 0.4) is 0 Å². The maximum absolute atomic E-state index is 12.6. The van der Waals surface area contributed by atoms with E-state index in [9.17, 15) is 23.8 Å². The maximum Gasteiger partial charge on any atom is 0.472 e. The summed E-state index contributed by atoms with van der Waals surface area (Å²) in [6.07, 6.45) is 44.4. The first-order chi connectivity index (χ1) is 27.1. The second kappa shape index (κ2) is 39.0. The summed E-state index contributed by atoms with van der Waals surface area (Å²) in [5, 5.41) is 8.88. The average molecular weight is 810 g/mol. The lowest BCUT2D eigenvalue weighted by molar-refractivity contribution is -0.161. The van der Waals surface area contributed by atoms with Gasteiger partial charge in [0.25, 0.3) is 0 Å². The Morgan fingerprint density at radius 3 is 1.45 bits per heavy atom. The van der Waals surface area contributed by atoms with Gasteiger partial charge in [0.05, 0.1) is 13.2 Å². The molecule has 4 N–H and O–H groups in total. The number of carbonyl (C=O) groups is 3. The predicted molar refractivity (Wildman–Crippen MR) is 226 cm³/mol. The summed E-state index contributed by atoms with van der Waals surface area (Å²) < 4.78 is 32.6. The van der Waals surface area contributed by atoms with Crippen LogP contribution >= 0.6 is 7.82 Å². The van der Waals surface area contributed by atoms with E-state index in [1.165, 1.54) is 77.0 Å². The number of ether oxygens (including phenoxy) is 2. The van der Waals surface area contributed by atoms with Crippen LogP contribution < -0.4 is 5.73 Å². The highest BCUT2D eigenvalue weighted by atomic mass is 31.2. The van der Waals surface area contributed by atoms with Crippen molar-refractivity contribution in [2.45, 2.75) is 180 Å². The Kier molecular flexibility index (Phi) is 37.1. The lowest BCUT2D eigenvalue weighted by Crippen LogP contribution is -2.34. The number of carbonyl (C=O) groups excluding carboxylic acids is 2. The van der Waals surface area contributed by atoms with Crippen molar-refractivity contribution < 1.29 is 47.5 Å². The van der Waals surface area contributed by atoms with Gasteiger partial charge in [-0.25, -0.2) is 4.57 Å². The number of nitrogens with two attached hydrogens (primary N) is 1. The van der Waals surface area contributed by atoms with Gasteiger partial charge in [-0.05, 0) is 44.9 Å². The molecule has 0 bridgehead atoms. The van der Waals surface area contributed by atoms with E-state index >= 15 is 0 Å². The molecule has 0 amide bonds.